The van der Waals surface area contributed by atoms with E-state index in [9.17, 15) is 4.79 Å². The molecule has 1 fully saturated rings. The third kappa shape index (κ3) is 4.09. The van der Waals surface area contributed by atoms with Crippen molar-refractivity contribution in [2.45, 2.75) is 25.8 Å². The molecular weight excluding hydrogens is 310 g/mol. The standard InChI is InChI=1S/C17H21N3O2S/c1-2-22-13-7-5-12(6-8-13)17-20-15(10-23-17)16(21)19-9-14(18)11-3-4-11/h5-8,10-11,14H,2-4,9,18H2,1H3,(H,19,21). The summed E-state index contributed by atoms with van der Waals surface area (Å²) < 4.78 is 5.43. The smallest absolute Gasteiger partial charge is 0.270 e. The van der Waals surface area contributed by atoms with Crippen molar-refractivity contribution in [2.75, 3.05) is 13.2 Å². The van der Waals surface area contributed by atoms with E-state index in [1.807, 2.05) is 31.2 Å². The molecule has 0 aliphatic heterocycles. The predicted octanol–water partition coefficient (Wildman–Crippen LogP) is 2.68. The van der Waals surface area contributed by atoms with Crippen LogP contribution in [0.5, 0.6) is 5.75 Å². The van der Waals surface area contributed by atoms with Gasteiger partial charge in [0.05, 0.1) is 6.61 Å². The van der Waals surface area contributed by atoms with Crippen molar-refractivity contribution in [1.82, 2.24) is 10.3 Å². The number of carbonyl (C=O) groups excluding carboxylic acids is 1. The van der Waals surface area contributed by atoms with E-state index >= 15 is 0 Å². The van der Waals surface area contributed by atoms with Crippen LogP contribution in [0.3, 0.4) is 0 Å². The number of amides is 1. The molecule has 1 saturated carbocycles. The van der Waals surface area contributed by atoms with E-state index in [0.717, 1.165) is 16.3 Å². The number of aromatic nitrogens is 1. The Hall–Kier alpha value is -1.92. The van der Waals surface area contributed by atoms with Gasteiger partial charge in [0.25, 0.3) is 5.91 Å². The molecule has 0 saturated heterocycles. The number of rotatable bonds is 7. The Kier molecular flexibility index (Phi) is 4.93. The van der Waals surface area contributed by atoms with Crippen LogP contribution in [0.15, 0.2) is 29.6 Å². The van der Waals surface area contributed by atoms with E-state index in [4.69, 9.17) is 10.5 Å². The van der Waals surface area contributed by atoms with Crippen molar-refractivity contribution in [3.8, 4) is 16.3 Å². The number of nitrogens with two attached hydrogens (primary N) is 1. The first-order valence-corrected chi connectivity index (χ1v) is 8.78. The lowest BCUT2D eigenvalue weighted by molar-refractivity contribution is 0.0946. The molecule has 1 amide bonds. The summed E-state index contributed by atoms with van der Waals surface area (Å²) >= 11 is 1.46. The molecule has 0 radical (unpaired) electrons. The van der Waals surface area contributed by atoms with E-state index < -0.39 is 0 Å². The summed E-state index contributed by atoms with van der Waals surface area (Å²) in [6.07, 6.45) is 2.35. The SMILES string of the molecule is CCOc1ccc(-c2nc(C(=O)NCC(N)C3CC3)cs2)cc1. The van der Waals surface area contributed by atoms with Crippen LogP contribution in [0.1, 0.15) is 30.3 Å². The van der Waals surface area contributed by atoms with Crippen LogP contribution in [-0.2, 0) is 0 Å². The predicted molar refractivity (Wildman–Crippen MR) is 91.8 cm³/mol. The molecular formula is C17H21N3O2S. The van der Waals surface area contributed by atoms with Gasteiger partial charge in [-0.15, -0.1) is 11.3 Å². The van der Waals surface area contributed by atoms with E-state index in [0.29, 0.717) is 24.8 Å². The minimum absolute atomic E-state index is 0.0585. The maximum Gasteiger partial charge on any atom is 0.270 e. The zero-order valence-electron chi connectivity index (χ0n) is 13.1. The highest BCUT2D eigenvalue weighted by Gasteiger charge is 2.28. The van der Waals surface area contributed by atoms with E-state index in [-0.39, 0.29) is 11.9 Å². The molecule has 1 aromatic carbocycles. The Morgan fingerprint density at radius 3 is 2.83 bits per heavy atom. The second-order valence-electron chi connectivity index (χ2n) is 5.71. The van der Waals surface area contributed by atoms with Crippen LogP contribution >= 0.6 is 11.3 Å². The highest BCUT2D eigenvalue weighted by Crippen LogP contribution is 2.31. The lowest BCUT2D eigenvalue weighted by Gasteiger charge is -2.10. The average Bonchev–Trinajstić information content (AvgIpc) is 3.30. The number of carbonyl (C=O) groups is 1. The fourth-order valence-electron chi connectivity index (χ4n) is 2.36. The van der Waals surface area contributed by atoms with Gasteiger partial charge in [-0.05, 0) is 49.9 Å². The molecule has 2 aromatic rings. The third-order valence-corrected chi connectivity index (χ3v) is 4.77. The van der Waals surface area contributed by atoms with Gasteiger partial charge in [-0.1, -0.05) is 0 Å². The third-order valence-electron chi connectivity index (χ3n) is 3.87. The van der Waals surface area contributed by atoms with Gasteiger partial charge in [-0.25, -0.2) is 4.98 Å². The molecule has 3 rings (SSSR count). The Balaban J connectivity index is 1.61. The van der Waals surface area contributed by atoms with Crippen molar-refractivity contribution in [2.24, 2.45) is 11.7 Å². The van der Waals surface area contributed by atoms with E-state index in [2.05, 4.69) is 10.3 Å². The highest BCUT2D eigenvalue weighted by atomic mass is 32.1. The van der Waals surface area contributed by atoms with Gasteiger partial charge in [-0.2, -0.15) is 0 Å². The van der Waals surface area contributed by atoms with Crippen LogP contribution in [0.2, 0.25) is 0 Å². The lowest BCUT2D eigenvalue weighted by atomic mass is 10.2. The van der Waals surface area contributed by atoms with Crippen LogP contribution < -0.4 is 15.8 Å². The van der Waals surface area contributed by atoms with E-state index in [1.165, 1.54) is 24.2 Å². The summed E-state index contributed by atoms with van der Waals surface area (Å²) in [5.41, 5.74) is 7.42. The molecule has 23 heavy (non-hydrogen) atoms. The van der Waals surface area contributed by atoms with Gasteiger partial charge < -0.3 is 15.8 Å². The molecule has 6 heteroatoms. The second kappa shape index (κ2) is 7.10. The molecule has 1 aromatic heterocycles. The Morgan fingerprint density at radius 1 is 1.43 bits per heavy atom. The number of thiazole rings is 1. The van der Waals surface area contributed by atoms with Gasteiger partial charge in [0, 0.05) is 23.5 Å². The Morgan fingerprint density at radius 2 is 2.17 bits per heavy atom. The number of ether oxygens (including phenoxy) is 1. The number of nitrogens with one attached hydrogen (secondary N) is 1. The molecule has 1 heterocycles. The molecule has 0 bridgehead atoms. The minimum atomic E-state index is -0.158. The van der Waals surface area contributed by atoms with Crippen molar-refractivity contribution in [3.05, 3.63) is 35.3 Å². The van der Waals surface area contributed by atoms with Crippen molar-refractivity contribution < 1.29 is 9.53 Å². The normalized spacial score (nSPS) is 15.2. The summed E-state index contributed by atoms with van der Waals surface area (Å²) in [5, 5.41) is 5.48. The molecule has 1 aliphatic carbocycles. The maximum atomic E-state index is 12.1. The second-order valence-corrected chi connectivity index (χ2v) is 6.56. The Bertz CT molecular complexity index is 665. The summed E-state index contributed by atoms with van der Waals surface area (Å²) in [4.78, 5) is 16.6. The number of hydrogen-bond donors (Lipinski definition) is 2. The average molecular weight is 331 g/mol. The topological polar surface area (TPSA) is 77.2 Å². The van der Waals surface area contributed by atoms with Gasteiger partial charge in [0.15, 0.2) is 0 Å². The quantitative estimate of drug-likeness (QED) is 0.818. The molecule has 3 N–H and O–H groups in total. The van der Waals surface area contributed by atoms with Crippen LogP contribution in [-0.4, -0.2) is 30.1 Å². The molecule has 1 unspecified atom stereocenters. The first kappa shape index (κ1) is 16.0. The maximum absolute atomic E-state index is 12.1. The van der Waals surface area contributed by atoms with Crippen molar-refractivity contribution >= 4 is 17.2 Å². The summed E-state index contributed by atoms with van der Waals surface area (Å²) in [6, 6.07) is 7.79. The van der Waals surface area contributed by atoms with Crippen molar-refractivity contribution in [1.29, 1.82) is 0 Å². The van der Waals surface area contributed by atoms with E-state index in [1.54, 1.807) is 5.38 Å². The zero-order chi connectivity index (χ0) is 16.2. The van der Waals surface area contributed by atoms with Crippen LogP contribution in [0.4, 0.5) is 0 Å². The molecule has 122 valence electrons. The summed E-state index contributed by atoms with van der Waals surface area (Å²) in [5.74, 6) is 1.25. The lowest BCUT2D eigenvalue weighted by Crippen LogP contribution is -2.38. The van der Waals surface area contributed by atoms with Gasteiger partial charge in [0.2, 0.25) is 0 Å². The van der Waals surface area contributed by atoms with Crippen LogP contribution in [0.25, 0.3) is 10.6 Å². The molecule has 1 aliphatic rings. The molecule has 0 spiro atoms. The minimum Gasteiger partial charge on any atom is -0.494 e. The monoisotopic (exact) mass is 331 g/mol. The summed E-state index contributed by atoms with van der Waals surface area (Å²) in [6.45, 7) is 3.11. The zero-order valence-corrected chi connectivity index (χ0v) is 13.9. The fraction of sp³-hybridized carbons (Fsp3) is 0.412. The van der Waals surface area contributed by atoms with Crippen LogP contribution in [0, 0.1) is 5.92 Å². The first-order chi connectivity index (χ1) is 11.2. The molecule has 5 nitrogen and oxygen atoms in total. The van der Waals surface area contributed by atoms with Crippen molar-refractivity contribution in [3.63, 3.8) is 0 Å². The fourth-order valence-corrected chi connectivity index (χ4v) is 3.17. The largest absolute Gasteiger partial charge is 0.494 e. The Labute approximate surface area is 139 Å². The van der Waals surface area contributed by atoms with Gasteiger partial charge in [0.1, 0.15) is 16.5 Å². The van der Waals surface area contributed by atoms with Gasteiger partial charge >= 0.3 is 0 Å². The number of benzene rings is 1. The van der Waals surface area contributed by atoms with Gasteiger partial charge in [-0.3, -0.25) is 4.79 Å². The number of nitrogens with zero attached hydrogens (tertiary/aromatic N) is 1. The number of hydrogen-bond acceptors (Lipinski definition) is 5. The molecule has 1 atom stereocenters. The first-order valence-electron chi connectivity index (χ1n) is 7.90. The summed E-state index contributed by atoms with van der Waals surface area (Å²) in [7, 11) is 0. The highest BCUT2D eigenvalue weighted by molar-refractivity contribution is 7.13.